The minimum atomic E-state index is -0.442. The van der Waals surface area contributed by atoms with Crippen LogP contribution in [0.1, 0.15) is 46.6 Å². The van der Waals surface area contributed by atoms with Gasteiger partial charge in [-0.1, -0.05) is 24.6 Å². The molecule has 0 N–H and O–H groups in total. The van der Waals surface area contributed by atoms with E-state index in [1.54, 1.807) is 42.1 Å². The monoisotopic (exact) mass is 422 g/mol. The van der Waals surface area contributed by atoms with Gasteiger partial charge in [-0.05, 0) is 49.9 Å². The third kappa shape index (κ3) is 4.19. The zero-order chi connectivity index (χ0) is 22.0. The minimum Gasteiger partial charge on any atom is -0.336 e. The van der Waals surface area contributed by atoms with Crippen molar-refractivity contribution in [2.75, 3.05) is 7.05 Å². The molecule has 1 heterocycles. The number of aromatic nitrogens is 2. The molecule has 3 aromatic rings. The van der Waals surface area contributed by atoms with Gasteiger partial charge in [-0.15, -0.1) is 0 Å². The predicted octanol–water partition coefficient (Wildman–Crippen LogP) is 4.46. The predicted molar refractivity (Wildman–Crippen MR) is 114 cm³/mol. The fourth-order valence-corrected chi connectivity index (χ4v) is 4.07. The lowest BCUT2D eigenvalue weighted by Crippen LogP contribution is -2.28. The first-order valence-corrected chi connectivity index (χ1v) is 10.3. The maximum Gasteiger partial charge on any atom is 0.274 e. The highest BCUT2D eigenvalue weighted by molar-refractivity contribution is 5.94. The lowest BCUT2D eigenvalue weighted by atomic mass is 10.1. The van der Waals surface area contributed by atoms with Crippen LogP contribution in [-0.4, -0.2) is 32.6 Å². The van der Waals surface area contributed by atoms with Crippen molar-refractivity contribution in [3.05, 3.63) is 87.0 Å². The molecular formula is C23H23FN4O3. The Balaban J connectivity index is 1.69. The van der Waals surface area contributed by atoms with Crippen LogP contribution < -0.4 is 0 Å². The SMILES string of the molecule is CN(Cc1ccccc1[N+](=O)[O-])C(=O)c1nn(-c2ccc(F)cc2)c2c1CCCCC2. The largest absolute Gasteiger partial charge is 0.336 e. The molecule has 7 nitrogen and oxygen atoms in total. The molecule has 0 radical (unpaired) electrons. The zero-order valence-electron chi connectivity index (χ0n) is 17.3. The molecule has 1 aromatic heterocycles. The number of carbonyl (C=O) groups is 1. The van der Waals surface area contributed by atoms with Crippen LogP contribution >= 0.6 is 0 Å². The highest BCUT2D eigenvalue weighted by Crippen LogP contribution is 2.28. The summed E-state index contributed by atoms with van der Waals surface area (Å²) in [6, 6.07) is 12.5. The van der Waals surface area contributed by atoms with Crippen molar-refractivity contribution in [2.24, 2.45) is 0 Å². The van der Waals surface area contributed by atoms with Crippen LogP contribution in [-0.2, 0) is 19.4 Å². The molecule has 0 atom stereocenters. The van der Waals surface area contributed by atoms with E-state index in [0.717, 1.165) is 43.4 Å². The Kier molecular flexibility index (Phi) is 5.79. The van der Waals surface area contributed by atoms with Crippen molar-refractivity contribution in [1.29, 1.82) is 0 Å². The quantitative estimate of drug-likeness (QED) is 0.345. The summed E-state index contributed by atoms with van der Waals surface area (Å²) in [5.41, 5.74) is 3.42. The molecule has 0 saturated carbocycles. The number of amides is 1. The number of para-hydroxylation sites is 1. The number of nitro groups is 1. The number of carbonyl (C=O) groups excluding carboxylic acids is 1. The summed E-state index contributed by atoms with van der Waals surface area (Å²) < 4.78 is 15.1. The van der Waals surface area contributed by atoms with Gasteiger partial charge < -0.3 is 4.90 Å². The van der Waals surface area contributed by atoms with E-state index in [9.17, 15) is 19.3 Å². The summed E-state index contributed by atoms with van der Waals surface area (Å²) in [5, 5.41) is 15.9. The average Bonchev–Trinajstić information content (AvgIpc) is 2.94. The standard InChI is InChI=1S/C23H23FN4O3/c1-26(15-16-7-5-6-9-20(16)28(30)31)23(29)22-19-8-3-2-4-10-21(19)27(25-22)18-13-11-17(24)12-14-18/h5-7,9,11-14H,2-4,8,10,15H2,1H3. The van der Waals surface area contributed by atoms with Gasteiger partial charge in [0.05, 0.1) is 17.2 Å². The molecular weight excluding hydrogens is 399 g/mol. The van der Waals surface area contributed by atoms with E-state index in [0.29, 0.717) is 16.9 Å². The van der Waals surface area contributed by atoms with Gasteiger partial charge in [0.1, 0.15) is 5.82 Å². The van der Waals surface area contributed by atoms with Gasteiger partial charge in [0.15, 0.2) is 5.69 Å². The molecule has 160 valence electrons. The maximum atomic E-state index is 13.4. The van der Waals surface area contributed by atoms with Gasteiger partial charge in [0, 0.05) is 29.9 Å². The Hall–Kier alpha value is -3.55. The van der Waals surface area contributed by atoms with E-state index in [-0.39, 0.29) is 24.0 Å². The minimum absolute atomic E-state index is 0.0159. The maximum absolute atomic E-state index is 13.4. The number of hydrogen-bond donors (Lipinski definition) is 0. The zero-order valence-corrected chi connectivity index (χ0v) is 17.3. The summed E-state index contributed by atoms with van der Waals surface area (Å²) in [4.78, 5) is 25.7. The lowest BCUT2D eigenvalue weighted by molar-refractivity contribution is -0.385. The molecule has 0 spiro atoms. The third-order valence-corrected chi connectivity index (χ3v) is 5.65. The lowest BCUT2D eigenvalue weighted by Gasteiger charge is -2.17. The number of halogens is 1. The topological polar surface area (TPSA) is 81.3 Å². The first kappa shape index (κ1) is 20.7. The molecule has 0 bridgehead atoms. The van der Waals surface area contributed by atoms with E-state index >= 15 is 0 Å². The normalized spacial score (nSPS) is 13.4. The van der Waals surface area contributed by atoms with Gasteiger partial charge in [-0.25, -0.2) is 9.07 Å². The van der Waals surface area contributed by atoms with Crippen LogP contribution in [0.5, 0.6) is 0 Å². The number of nitrogens with zero attached hydrogens (tertiary/aromatic N) is 4. The van der Waals surface area contributed by atoms with Crippen LogP contribution in [0.3, 0.4) is 0 Å². The van der Waals surface area contributed by atoms with Gasteiger partial charge in [-0.2, -0.15) is 5.10 Å². The number of rotatable bonds is 5. The molecule has 0 unspecified atom stereocenters. The second-order valence-corrected chi connectivity index (χ2v) is 7.77. The van der Waals surface area contributed by atoms with E-state index in [1.807, 2.05) is 0 Å². The number of fused-ring (bicyclic) bond motifs is 1. The van der Waals surface area contributed by atoms with Gasteiger partial charge >= 0.3 is 0 Å². The van der Waals surface area contributed by atoms with Crippen LogP contribution in [0.25, 0.3) is 5.69 Å². The van der Waals surface area contributed by atoms with Crippen molar-refractivity contribution in [3.63, 3.8) is 0 Å². The van der Waals surface area contributed by atoms with Crippen molar-refractivity contribution < 1.29 is 14.1 Å². The van der Waals surface area contributed by atoms with Crippen molar-refractivity contribution in [3.8, 4) is 5.69 Å². The summed E-state index contributed by atoms with van der Waals surface area (Å²) in [6.45, 7) is 0.105. The Bertz CT molecular complexity index is 1120. The first-order valence-electron chi connectivity index (χ1n) is 10.3. The number of hydrogen-bond acceptors (Lipinski definition) is 4. The van der Waals surface area contributed by atoms with Crippen LogP contribution in [0.2, 0.25) is 0 Å². The fraction of sp³-hybridized carbons (Fsp3) is 0.304. The molecule has 1 amide bonds. The molecule has 31 heavy (non-hydrogen) atoms. The fourth-order valence-electron chi connectivity index (χ4n) is 4.07. The van der Waals surface area contributed by atoms with Crippen LogP contribution in [0.4, 0.5) is 10.1 Å². The smallest absolute Gasteiger partial charge is 0.274 e. The Morgan fingerprint density at radius 3 is 2.58 bits per heavy atom. The first-order chi connectivity index (χ1) is 15.0. The van der Waals surface area contributed by atoms with Crippen molar-refractivity contribution in [1.82, 2.24) is 14.7 Å². The number of benzene rings is 2. The highest BCUT2D eigenvalue weighted by atomic mass is 19.1. The van der Waals surface area contributed by atoms with E-state index in [1.165, 1.54) is 23.1 Å². The van der Waals surface area contributed by atoms with Gasteiger partial charge in [-0.3, -0.25) is 14.9 Å². The third-order valence-electron chi connectivity index (χ3n) is 5.65. The second-order valence-electron chi connectivity index (χ2n) is 7.77. The Labute approximate surface area is 179 Å². The van der Waals surface area contributed by atoms with E-state index in [4.69, 9.17) is 0 Å². The molecule has 2 aromatic carbocycles. The van der Waals surface area contributed by atoms with E-state index < -0.39 is 4.92 Å². The van der Waals surface area contributed by atoms with Gasteiger partial charge in [0.2, 0.25) is 0 Å². The summed E-state index contributed by atoms with van der Waals surface area (Å²) in [5.74, 6) is -0.611. The summed E-state index contributed by atoms with van der Waals surface area (Å²) in [7, 11) is 1.62. The van der Waals surface area contributed by atoms with Crippen molar-refractivity contribution >= 4 is 11.6 Å². The molecule has 4 rings (SSSR count). The summed E-state index contributed by atoms with van der Waals surface area (Å²) >= 11 is 0. The van der Waals surface area contributed by atoms with Crippen molar-refractivity contribution in [2.45, 2.75) is 38.6 Å². The average molecular weight is 422 g/mol. The molecule has 0 aliphatic heterocycles. The molecule has 0 saturated heterocycles. The van der Waals surface area contributed by atoms with E-state index in [2.05, 4.69) is 5.10 Å². The number of nitro benzene ring substituents is 1. The van der Waals surface area contributed by atoms with Crippen LogP contribution in [0.15, 0.2) is 48.5 Å². The second kappa shape index (κ2) is 8.67. The molecule has 8 heteroatoms. The molecule has 0 fully saturated rings. The molecule has 1 aliphatic carbocycles. The Morgan fingerprint density at radius 1 is 1.13 bits per heavy atom. The Morgan fingerprint density at radius 2 is 1.84 bits per heavy atom. The summed E-state index contributed by atoms with van der Waals surface area (Å²) in [6.07, 6.45) is 4.57. The highest BCUT2D eigenvalue weighted by Gasteiger charge is 2.27. The van der Waals surface area contributed by atoms with Crippen LogP contribution in [0, 0.1) is 15.9 Å². The van der Waals surface area contributed by atoms with Gasteiger partial charge in [0.25, 0.3) is 11.6 Å². The molecule has 1 aliphatic rings.